The van der Waals surface area contributed by atoms with Crippen molar-refractivity contribution in [1.29, 1.82) is 5.26 Å². The molecule has 0 saturated carbocycles. The van der Waals surface area contributed by atoms with E-state index in [2.05, 4.69) is 9.71 Å². The van der Waals surface area contributed by atoms with Crippen molar-refractivity contribution in [3.63, 3.8) is 0 Å². The average Bonchev–Trinajstić information content (AvgIpc) is 2.43. The van der Waals surface area contributed by atoms with Gasteiger partial charge in [-0.15, -0.1) is 0 Å². The molecule has 0 aromatic carbocycles. The molecule has 1 unspecified atom stereocenters. The number of sulfonamides is 1. The average molecular weight is 282 g/mol. The van der Waals surface area contributed by atoms with Crippen LogP contribution in [0.5, 0.6) is 0 Å². The first-order valence-corrected chi connectivity index (χ1v) is 7.60. The molecule has 1 heterocycles. The summed E-state index contributed by atoms with van der Waals surface area (Å²) in [4.78, 5) is 3.79. The summed E-state index contributed by atoms with van der Waals surface area (Å²) in [5.74, 6) is 0. The van der Waals surface area contributed by atoms with Gasteiger partial charge in [-0.05, 0) is 18.6 Å². The summed E-state index contributed by atoms with van der Waals surface area (Å²) in [5, 5.41) is 8.62. The zero-order valence-electron chi connectivity index (χ0n) is 10.8. The zero-order chi connectivity index (χ0) is 14.3. The maximum atomic E-state index is 12.1. The summed E-state index contributed by atoms with van der Waals surface area (Å²) in [6.07, 6.45) is 3.77. The Kier molecular flexibility index (Phi) is 5.89. The number of hydrogen-bond acceptors (Lipinski definition) is 5. The summed E-state index contributed by atoms with van der Waals surface area (Å²) >= 11 is 0. The van der Waals surface area contributed by atoms with E-state index < -0.39 is 10.0 Å². The minimum absolute atomic E-state index is 0.0430. The van der Waals surface area contributed by atoms with Gasteiger partial charge in [-0.3, -0.25) is 0 Å². The molecule has 0 amide bonds. The largest absolute Gasteiger partial charge is 0.329 e. The zero-order valence-corrected chi connectivity index (χ0v) is 11.7. The molecule has 1 atom stereocenters. The van der Waals surface area contributed by atoms with E-state index in [1.54, 1.807) is 0 Å². The summed E-state index contributed by atoms with van der Waals surface area (Å²) in [6.45, 7) is 2.29. The van der Waals surface area contributed by atoms with E-state index in [9.17, 15) is 8.42 Å². The highest BCUT2D eigenvalue weighted by molar-refractivity contribution is 7.89. The van der Waals surface area contributed by atoms with E-state index in [1.807, 2.05) is 13.0 Å². The third-order valence-electron chi connectivity index (χ3n) is 2.67. The van der Waals surface area contributed by atoms with Gasteiger partial charge in [0.05, 0.1) is 0 Å². The highest BCUT2D eigenvalue weighted by Gasteiger charge is 2.19. The molecular formula is C12H18N4O2S. The van der Waals surface area contributed by atoms with Crippen LogP contribution in [0.2, 0.25) is 0 Å². The summed E-state index contributed by atoms with van der Waals surface area (Å²) in [5.41, 5.74) is 5.74. The van der Waals surface area contributed by atoms with Crippen LogP contribution in [0, 0.1) is 11.3 Å². The Hall–Kier alpha value is -1.49. The summed E-state index contributed by atoms with van der Waals surface area (Å²) in [7, 11) is -3.63. The molecule has 0 bridgehead atoms. The Morgan fingerprint density at radius 1 is 1.53 bits per heavy atom. The van der Waals surface area contributed by atoms with Crippen LogP contribution in [-0.2, 0) is 10.0 Å². The molecule has 0 fully saturated rings. The van der Waals surface area contributed by atoms with Gasteiger partial charge >= 0.3 is 0 Å². The van der Waals surface area contributed by atoms with Gasteiger partial charge in [0, 0.05) is 18.8 Å². The van der Waals surface area contributed by atoms with Crippen molar-refractivity contribution in [2.75, 3.05) is 6.54 Å². The third kappa shape index (κ3) is 4.59. The normalized spacial score (nSPS) is 12.9. The minimum Gasteiger partial charge on any atom is -0.329 e. The van der Waals surface area contributed by atoms with E-state index in [0.29, 0.717) is 6.42 Å². The van der Waals surface area contributed by atoms with Crippen LogP contribution in [0.15, 0.2) is 23.2 Å². The maximum Gasteiger partial charge on any atom is 0.242 e. The number of pyridine rings is 1. The van der Waals surface area contributed by atoms with E-state index in [-0.39, 0.29) is 23.2 Å². The predicted octanol–water partition coefficient (Wildman–Crippen LogP) is 0.749. The summed E-state index contributed by atoms with van der Waals surface area (Å²) in [6, 6.07) is 4.30. The molecule has 7 heteroatoms. The molecule has 1 aromatic rings. The van der Waals surface area contributed by atoms with Gasteiger partial charge in [0.25, 0.3) is 0 Å². The first kappa shape index (κ1) is 15.6. The Bertz CT molecular complexity index is 534. The lowest BCUT2D eigenvalue weighted by molar-refractivity contribution is 0.516. The van der Waals surface area contributed by atoms with Crippen molar-refractivity contribution in [1.82, 2.24) is 9.71 Å². The minimum atomic E-state index is -3.63. The van der Waals surface area contributed by atoms with E-state index >= 15 is 0 Å². The number of aromatic nitrogens is 1. The number of nitrogens with zero attached hydrogens (tertiary/aromatic N) is 2. The van der Waals surface area contributed by atoms with Gasteiger partial charge in [0.1, 0.15) is 16.7 Å². The standard InChI is InChI=1S/C12H18N4O2S/c1-2-3-4-11(8-14)16-19(17,18)12-6-5-10(7-13)15-9-12/h5-6,9,11,16H,2-4,8,14H2,1H3. The molecule has 0 aliphatic heterocycles. The van der Waals surface area contributed by atoms with Gasteiger partial charge in [0.2, 0.25) is 10.0 Å². The Morgan fingerprint density at radius 3 is 2.74 bits per heavy atom. The molecule has 0 saturated heterocycles. The number of nitriles is 1. The van der Waals surface area contributed by atoms with Gasteiger partial charge in [0.15, 0.2) is 0 Å². The maximum absolute atomic E-state index is 12.1. The SMILES string of the molecule is CCCCC(CN)NS(=O)(=O)c1ccc(C#N)nc1. The van der Waals surface area contributed by atoms with Crippen LogP contribution in [0.4, 0.5) is 0 Å². The van der Waals surface area contributed by atoms with E-state index in [1.165, 1.54) is 18.3 Å². The lowest BCUT2D eigenvalue weighted by Crippen LogP contribution is -2.40. The second-order valence-electron chi connectivity index (χ2n) is 4.19. The van der Waals surface area contributed by atoms with E-state index in [0.717, 1.165) is 12.8 Å². The van der Waals surface area contributed by atoms with Crippen LogP contribution in [0.3, 0.4) is 0 Å². The number of nitrogens with two attached hydrogens (primary N) is 1. The lowest BCUT2D eigenvalue weighted by Gasteiger charge is -2.16. The molecular weight excluding hydrogens is 264 g/mol. The van der Waals surface area contributed by atoms with Crippen molar-refractivity contribution >= 4 is 10.0 Å². The first-order chi connectivity index (χ1) is 9.03. The molecule has 1 aromatic heterocycles. The quantitative estimate of drug-likeness (QED) is 0.767. The van der Waals surface area contributed by atoms with Crippen LogP contribution in [0.1, 0.15) is 31.9 Å². The van der Waals surface area contributed by atoms with Crippen molar-refractivity contribution in [2.45, 2.75) is 37.1 Å². The molecule has 1 rings (SSSR count). The fraction of sp³-hybridized carbons (Fsp3) is 0.500. The third-order valence-corrected chi connectivity index (χ3v) is 4.18. The number of nitrogens with one attached hydrogen (secondary N) is 1. The first-order valence-electron chi connectivity index (χ1n) is 6.12. The fourth-order valence-electron chi connectivity index (χ4n) is 1.57. The van der Waals surface area contributed by atoms with Gasteiger partial charge < -0.3 is 5.73 Å². The fourth-order valence-corrected chi connectivity index (χ4v) is 2.80. The molecule has 6 nitrogen and oxygen atoms in total. The smallest absolute Gasteiger partial charge is 0.242 e. The molecule has 0 radical (unpaired) electrons. The number of hydrogen-bond donors (Lipinski definition) is 2. The topological polar surface area (TPSA) is 109 Å². The second-order valence-corrected chi connectivity index (χ2v) is 5.90. The second kappa shape index (κ2) is 7.19. The lowest BCUT2D eigenvalue weighted by atomic mass is 10.1. The monoisotopic (exact) mass is 282 g/mol. The molecule has 3 N–H and O–H groups in total. The van der Waals surface area contributed by atoms with Crippen LogP contribution in [0.25, 0.3) is 0 Å². The van der Waals surface area contributed by atoms with Crippen LogP contribution in [-0.4, -0.2) is 26.0 Å². The predicted molar refractivity (Wildman–Crippen MR) is 71.6 cm³/mol. The highest BCUT2D eigenvalue weighted by atomic mass is 32.2. The van der Waals surface area contributed by atoms with Crippen molar-refractivity contribution in [3.8, 4) is 6.07 Å². The molecule has 104 valence electrons. The number of rotatable bonds is 7. The van der Waals surface area contributed by atoms with Crippen molar-refractivity contribution in [3.05, 3.63) is 24.0 Å². The van der Waals surface area contributed by atoms with Crippen molar-refractivity contribution in [2.24, 2.45) is 5.73 Å². The highest BCUT2D eigenvalue weighted by Crippen LogP contribution is 2.10. The van der Waals surface area contributed by atoms with Gasteiger partial charge in [-0.1, -0.05) is 19.8 Å². The van der Waals surface area contributed by atoms with Crippen LogP contribution < -0.4 is 10.5 Å². The molecule has 19 heavy (non-hydrogen) atoms. The Labute approximate surface area is 113 Å². The van der Waals surface area contributed by atoms with Gasteiger partial charge in [-0.2, -0.15) is 5.26 Å². The Morgan fingerprint density at radius 2 is 2.26 bits per heavy atom. The van der Waals surface area contributed by atoms with Crippen molar-refractivity contribution < 1.29 is 8.42 Å². The summed E-state index contributed by atoms with van der Waals surface area (Å²) < 4.78 is 26.7. The number of unbranched alkanes of at least 4 members (excludes halogenated alkanes) is 1. The van der Waals surface area contributed by atoms with E-state index in [4.69, 9.17) is 11.0 Å². The Balaban J connectivity index is 2.81. The van der Waals surface area contributed by atoms with Crippen LogP contribution >= 0.6 is 0 Å². The molecule has 0 spiro atoms. The van der Waals surface area contributed by atoms with Gasteiger partial charge in [-0.25, -0.2) is 18.1 Å². The molecule has 0 aliphatic carbocycles. The molecule has 0 aliphatic rings.